The Morgan fingerprint density at radius 3 is 2.59 bits per heavy atom. The lowest BCUT2D eigenvalue weighted by molar-refractivity contribution is 0.0702. The lowest BCUT2D eigenvalue weighted by Crippen LogP contribution is -2.24. The van der Waals surface area contributed by atoms with Gasteiger partial charge in [-0.15, -0.1) is 11.3 Å². The Labute approximate surface area is 136 Å². The number of carboxylic acid groups (broad SMARTS) is 1. The molecule has 0 aliphatic heterocycles. The highest BCUT2D eigenvalue weighted by atomic mass is 32.1. The lowest BCUT2D eigenvalue weighted by Gasteiger charge is -2.16. The van der Waals surface area contributed by atoms with Gasteiger partial charge >= 0.3 is 5.97 Å². The molecule has 0 fully saturated rings. The summed E-state index contributed by atoms with van der Waals surface area (Å²) in [5.74, 6) is 5.19. The highest BCUT2D eigenvalue weighted by molar-refractivity contribution is 7.14. The second-order valence-corrected chi connectivity index (χ2v) is 7.28. The maximum atomic E-state index is 11.4. The number of thiophene rings is 1. The van der Waals surface area contributed by atoms with Crippen molar-refractivity contribution in [2.24, 2.45) is 5.41 Å². The summed E-state index contributed by atoms with van der Waals surface area (Å²) in [6, 6.07) is 1.79. The summed E-state index contributed by atoms with van der Waals surface area (Å²) in [5, 5.41) is 18.3. The number of likely N-dealkylation sites (N-methyl/N-ethyl adjacent to an activating group) is 1. The van der Waals surface area contributed by atoms with Gasteiger partial charge in [0.2, 0.25) is 0 Å². The Morgan fingerprint density at radius 1 is 1.45 bits per heavy atom. The van der Waals surface area contributed by atoms with Crippen LogP contribution in [0.4, 0.5) is 0 Å². The van der Waals surface area contributed by atoms with Crippen LogP contribution in [0.5, 0.6) is 0 Å². The second kappa shape index (κ2) is 7.59. The number of hydrogen-bond acceptors (Lipinski definition) is 4. The second-order valence-electron chi connectivity index (χ2n) is 6.22. The Hall–Kier alpha value is -1.61. The maximum Gasteiger partial charge on any atom is 0.346 e. The highest BCUT2D eigenvalue weighted by Gasteiger charge is 2.18. The van der Waals surface area contributed by atoms with Crippen molar-refractivity contribution in [3.8, 4) is 11.8 Å². The highest BCUT2D eigenvalue weighted by Crippen LogP contribution is 2.28. The predicted molar refractivity (Wildman–Crippen MR) is 91.2 cm³/mol. The van der Waals surface area contributed by atoms with E-state index >= 15 is 0 Å². The van der Waals surface area contributed by atoms with E-state index in [1.54, 1.807) is 6.07 Å². The Balaban J connectivity index is 3.07. The molecule has 1 aromatic heterocycles. The summed E-state index contributed by atoms with van der Waals surface area (Å²) in [5.41, 5.74) is 1.21. The molecular formula is C17H23NO3S. The van der Waals surface area contributed by atoms with Crippen molar-refractivity contribution in [1.29, 1.82) is 0 Å². The first kappa shape index (κ1) is 18.4. The molecule has 0 spiro atoms. The van der Waals surface area contributed by atoms with Crippen LogP contribution >= 0.6 is 11.3 Å². The molecule has 0 saturated carbocycles. The molecule has 2 N–H and O–H groups in total. The molecule has 0 saturated heterocycles. The molecule has 1 aromatic rings. The third kappa shape index (κ3) is 5.64. The third-order valence-corrected chi connectivity index (χ3v) is 3.85. The number of aliphatic hydroxyl groups excluding tert-OH is 1. The zero-order chi connectivity index (χ0) is 16.9. The van der Waals surface area contributed by atoms with Crippen molar-refractivity contribution in [3.63, 3.8) is 0 Å². The van der Waals surface area contributed by atoms with Gasteiger partial charge in [-0.25, -0.2) is 4.79 Å². The van der Waals surface area contributed by atoms with E-state index in [0.29, 0.717) is 24.2 Å². The number of carbonyl (C=O) groups is 1. The first-order chi connectivity index (χ1) is 10.1. The summed E-state index contributed by atoms with van der Waals surface area (Å²) in [4.78, 5) is 14.3. The van der Waals surface area contributed by atoms with Crippen LogP contribution in [0, 0.1) is 17.3 Å². The van der Waals surface area contributed by atoms with E-state index in [2.05, 4.69) is 18.4 Å². The molecule has 0 aliphatic carbocycles. The van der Waals surface area contributed by atoms with Crippen molar-refractivity contribution < 1.29 is 15.0 Å². The van der Waals surface area contributed by atoms with Crippen molar-refractivity contribution in [1.82, 2.24) is 4.90 Å². The maximum absolute atomic E-state index is 11.4. The molecule has 5 heteroatoms. The van der Waals surface area contributed by atoms with Gasteiger partial charge in [-0.2, -0.15) is 0 Å². The number of aromatic carboxylic acids is 1. The quantitative estimate of drug-likeness (QED) is 0.791. The summed E-state index contributed by atoms with van der Waals surface area (Å²) >= 11 is 1.18. The van der Waals surface area contributed by atoms with Gasteiger partial charge in [0.25, 0.3) is 0 Å². The first-order valence-electron chi connectivity index (χ1n) is 7.02. The molecule has 22 heavy (non-hydrogen) atoms. The SMILES string of the molecule is C=C(CN(C)CCO)c1cc(C#CC(C)(C)C)sc1C(=O)O. The van der Waals surface area contributed by atoms with E-state index in [4.69, 9.17) is 5.11 Å². The van der Waals surface area contributed by atoms with E-state index in [-0.39, 0.29) is 16.9 Å². The lowest BCUT2D eigenvalue weighted by atomic mass is 9.98. The summed E-state index contributed by atoms with van der Waals surface area (Å²) in [6.45, 7) is 11.1. The Morgan fingerprint density at radius 2 is 2.09 bits per heavy atom. The van der Waals surface area contributed by atoms with Crippen LogP contribution in [0.3, 0.4) is 0 Å². The van der Waals surface area contributed by atoms with Crippen molar-refractivity contribution in [2.75, 3.05) is 26.7 Å². The standard InChI is InChI=1S/C17H23NO3S/c1-12(11-18(5)8-9-19)14-10-13(6-7-17(2,3)4)22-15(14)16(20)21/h10,19H,1,8-9,11H2,2-5H3,(H,20,21). The largest absolute Gasteiger partial charge is 0.477 e. The monoisotopic (exact) mass is 321 g/mol. The number of rotatable bonds is 6. The van der Waals surface area contributed by atoms with E-state index in [1.807, 2.05) is 32.7 Å². The summed E-state index contributed by atoms with van der Waals surface area (Å²) < 4.78 is 0. The Bertz CT molecular complexity index is 614. The molecule has 120 valence electrons. The number of nitrogens with zero attached hydrogens (tertiary/aromatic N) is 1. The van der Waals surface area contributed by atoms with Gasteiger partial charge < -0.3 is 10.2 Å². The van der Waals surface area contributed by atoms with Gasteiger partial charge in [-0.05, 0) is 39.5 Å². The molecule has 0 amide bonds. The summed E-state index contributed by atoms with van der Waals surface area (Å²) in [6.07, 6.45) is 0. The Kier molecular flexibility index (Phi) is 6.36. The minimum atomic E-state index is -0.963. The molecule has 0 aromatic carbocycles. The van der Waals surface area contributed by atoms with Crippen molar-refractivity contribution >= 4 is 22.9 Å². The molecule has 0 radical (unpaired) electrons. The van der Waals surface area contributed by atoms with E-state index in [9.17, 15) is 9.90 Å². The van der Waals surface area contributed by atoms with Crippen LogP contribution in [-0.4, -0.2) is 47.8 Å². The predicted octanol–water partition coefficient (Wildman–Crippen LogP) is 2.78. The van der Waals surface area contributed by atoms with Crippen LogP contribution in [0.25, 0.3) is 5.57 Å². The third-order valence-electron chi connectivity index (χ3n) is 2.81. The molecule has 4 nitrogen and oxygen atoms in total. The summed E-state index contributed by atoms with van der Waals surface area (Å²) in [7, 11) is 1.86. The van der Waals surface area contributed by atoms with Gasteiger partial charge in [0.15, 0.2) is 0 Å². The van der Waals surface area contributed by atoms with Crippen molar-refractivity contribution in [2.45, 2.75) is 20.8 Å². The van der Waals surface area contributed by atoms with Crippen molar-refractivity contribution in [3.05, 3.63) is 28.0 Å². The molecular weight excluding hydrogens is 298 g/mol. The van der Waals surface area contributed by atoms with E-state index in [1.165, 1.54) is 11.3 Å². The minimum absolute atomic E-state index is 0.0571. The molecule has 0 unspecified atom stereocenters. The average Bonchev–Trinajstić information content (AvgIpc) is 2.80. The van der Waals surface area contributed by atoms with E-state index in [0.717, 1.165) is 4.88 Å². The zero-order valence-corrected chi connectivity index (χ0v) is 14.4. The average molecular weight is 321 g/mol. The van der Waals surface area contributed by atoms with Crippen LogP contribution in [0.15, 0.2) is 12.6 Å². The van der Waals surface area contributed by atoms with E-state index < -0.39 is 5.97 Å². The van der Waals surface area contributed by atoms with Gasteiger partial charge in [-0.1, -0.05) is 18.4 Å². The minimum Gasteiger partial charge on any atom is -0.477 e. The first-order valence-corrected chi connectivity index (χ1v) is 7.83. The molecule has 0 atom stereocenters. The van der Waals surface area contributed by atoms with Gasteiger partial charge in [0.05, 0.1) is 11.5 Å². The molecule has 0 aliphatic rings. The molecule has 1 heterocycles. The van der Waals surface area contributed by atoms with Gasteiger partial charge in [0, 0.05) is 24.1 Å². The zero-order valence-electron chi connectivity index (χ0n) is 13.6. The molecule has 0 bridgehead atoms. The van der Waals surface area contributed by atoms with Crippen LogP contribution < -0.4 is 0 Å². The topological polar surface area (TPSA) is 60.8 Å². The van der Waals surface area contributed by atoms with Crippen LogP contribution in [0.2, 0.25) is 0 Å². The fourth-order valence-corrected chi connectivity index (χ4v) is 2.68. The smallest absolute Gasteiger partial charge is 0.346 e. The molecule has 1 rings (SSSR count). The van der Waals surface area contributed by atoms with Gasteiger partial charge in [0.1, 0.15) is 4.88 Å². The van der Waals surface area contributed by atoms with Crippen LogP contribution in [-0.2, 0) is 0 Å². The number of aliphatic hydroxyl groups is 1. The fraction of sp³-hybridized carbons (Fsp3) is 0.471. The fourth-order valence-electron chi connectivity index (χ4n) is 1.78. The number of carboxylic acids is 1. The number of hydrogen-bond donors (Lipinski definition) is 2. The van der Waals surface area contributed by atoms with Crippen LogP contribution in [0.1, 0.15) is 40.9 Å². The van der Waals surface area contributed by atoms with Gasteiger partial charge in [-0.3, -0.25) is 4.90 Å². The normalized spacial score (nSPS) is 11.2.